The molecule has 0 aliphatic carbocycles. The molecule has 9 heterocycles. The number of rotatable bonds is 4. The number of aryl methyl sites for hydroxylation is 4. The molecule has 0 N–H and O–H groups in total. The number of nitrogens with zero attached hydrogens (tertiary/aromatic N) is 6. The molecule has 0 saturated heterocycles. The Bertz CT molecular complexity index is 2460. The second kappa shape index (κ2) is 17.6. The minimum absolute atomic E-state index is 0. The molecule has 0 amide bonds. The molecule has 0 unspecified atom stereocenters. The van der Waals surface area contributed by atoms with E-state index in [1.807, 2.05) is 0 Å². The number of aromatic nitrogens is 6. The maximum Gasteiger partial charge on any atom is 0.176 e. The number of halogens is 4. The van der Waals surface area contributed by atoms with E-state index in [9.17, 15) is 0 Å². The molecule has 7 aromatic rings. The second-order valence-corrected chi connectivity index (χ2v) is 15.5. The molecule has 0 radical (unpaired) electrons. The summed E-state index contributed by atoms with van der Waals surface area (Å²) in [6, 6.07) is 26.1. The summed E-state index contributed by atoms with van der Waals surface area (Å²) in [5.74, 6) is 0. The Morgan fingerprint density at radius 1 is 0.357 bits per heavy atom. The van der Waals surface area contributed by atoms with E-state index in [4.69, 9.17) is 9.97 Å². The van der Waals surface area contributed by atoms with Crippen LogP contribution in [0.1, 0.15) is 22.8 Å². The minimum Gasteiger partial charge on any atom is -1.00 e. The van der Waals surface area contributed by atoms with E-state index < -0.39 is 0 Å². The van der Waals surface area contributed by atoms with Crippen LogP contribution in [-0.2, 0) is 28.2 Å². The molecule has 0 aromatic carbocycles. The molecule has 9 rings (SSSR count). The van der Waals surface area contributed by atoms with Crippen molar-refractivity contribution in [2.45, 2.75) is 0 Å². The van der Waals surface area contributed by atoms with Crippen molar-refractivity contribution >= 4 is 65.8 Å². The highest BCUT2D eigenvalue weighted by Gasteiger charge is 2.21. The summed E-state index contributed by atoms with van der Waals surface area (Å²) >= 11 is 3.57. The molecule has 282 valence electrons. The van der Waals surface area contributed by atoms with E-state index >= 15 is 0 Å². The van der Waals surface area contributed by atoms with E-state index in [-0.39, 0.29) is 49.6 Å². The first kappa shape index (κ1) is 42.3. The fourth-order valence-electron chi connectivity index (χ4n) is 7.10. The Labute approximate surface area is 359 Å². The lowest BCUT2D eigenvalue weighted by molar-refractivity contribution is -0.671. The fraction of sp³-hybridized carbons (Fsp3) is 0.0909. The summed E-state index contributed by atoms with van der Waals surface area (Å²) in [6.07, 6.45) is 25.7. The molecule has 12 heteroatoms. The highest BCUT2D eigenvalue weighted by molar-refractivity contribution is 7.24. The molecule has 0 spiro atoms. The van der Waals surface area contributed by atoms with Crippen molar-refractivity contribution in [1.82, 2.24) is 9.97 Å². The largest absolute Gasteiger partial charge is 1.00 e. The molecule has 0 atom stereocenters. The maximum absolute atomic E-state index is 5.46. The molecule has 6 nitrogen and oxygen atoms in total. The van der Waals surface area contributed by atoms with Crippen LogP contribution in [0, 0.1) is 0 Å². The van der Waals surface area contributed by atoms with Gasteiger partial charge in [-0.15, -0.1) is 22.7 Å². The lowest BCUT2D eigenvalue weighted by Crippen LogP contribution is -3.00. The van der Waals surface area contributed by atoms with E-state index in [1.54, 1.807) is 22.7 Å². The average Bonchev–Trinajstić information content (AvgIpc) is 3.96. The molecule has 8 bridgehead atoms. The Kier molecular flexibility index (Phi) is 13.3. The summed E-state index contributed by atoms with van der Waals surface area (Å²) in [5.41, 5.74) is 12.7. The molecule has 0 fully saturated rings. The summed E-state index contributed by atoms with van der Waals surface area (Å²) < 4.78 is 13.0. The van der Waals surface area contributed by atoms with Crippen molar-refractivity contribution in [3.05, 3.63) is 145 Å². The zero-order valence-electron chi connectivity index (χ0n) is 30.9. The quantitative estimate of drug-likeness (QED) is 0.170. The van der Waals surface area contributed by atoms with E-state index in [2.05, 4.69) is 193 Å². The number of pyridine rings is 4. The Balaban J connectivity index is 0.00000150. The SMILES string of the molecule is C[n+]1cccc(-c2c3nc(c(-c4ccc[n+](C)c4)c4ccc(s4)c(-c4ccc[n+](C)c4)c4nc(c(-c5ccc[n+](C)c5)c5ccc2s5)C=C4)C=C3)c1.[Cl-].[Cl-].[Cl-].[Cl-]. The van der Waals surface area contributed by atoms with Crippen molar-refractivity contribution in [1.29, 1.82) is 0 Å². The maximum atomic E-state index is 5.46. The summed E-state index contributed by atoms with van der Waals surface area (Å²) in [6.45, 7) is 0. The van der Waals surface area contributed by atoms with Gasteiger partial charge in [-0.3, -0.25) is 0 Å². The Morgan fingerprint density at radius 2 is 0.589 bits per heavy atom. The number of hydrogen-bond acceptors (Lipinski definition) is 4. The highest BCUT2D eigenvalue weighted by Crippen LogP contribution is 2.42. The van der Waals surface area contributed by atoms with Crippen LogP contribution in [0.4, 0.5) is 0 Å². The van der Waals surface area contributed by atoms with E-state index in [0.717, 1.165) is 86.1 Å². The number of fused-ring (bicyclic) bond motifs is 8. The zero-order valence-corrected chi connectivity index (χ0v) is 35.5. The van der Waals surface area contributed by atoms with Crippen LogP contribution in [0.2, 0.25) is 0 Å². The smallest absolute Gasteiger partial charge is 0.176 e. The van der Waals surface area contributed by atoms with Gasteiger partial charge in [0.2, 0.25) is 0 Å². The van der Waals surface area contributed by atoms with Gasteiger partial charge in [0.05, 0.1) is 22.8 Å². The van der Waals surface area contributed by atoms with Gasteiger partial charge in [0, 0.05) is 87.6 Å². The second-order valence-electron chi connectivity index (χ2n) is 13.3. The molecule has 0 saturated carbocycles. The van der Waals surface area contributed by atoms with Gasteiger partial charge in [-0.05, 0) is 72.8 Å². The molecular formula is C44H36Cl4N6S2. The molecule has 2 aliphatic heterocycles. The van der Waals surface area contributed by atoms with Crippen LogP contribution in [0.15, 0.2) is 122 Å². The highest BCUT2D eigenvalue weighted by atomic mass is 35.5. The van der Waals surface area contributed by atoms with Crippen molar-refractivity contribution in [3.8, 4) is 44.5 Å². The van der Waals surface area contributed by atoms with Crippen LogP contribution < -0.4 is 67.9 Å². The predicted octanol–water partition coefficient (Wildman–Crippen LogP) is -3.90. The van der Waals surface area contributed by atoms with Crippen LogP contribution in [-0.4, -0.2) is 9.97 Å². The van der Waals surface area contributed by atoms with Crippen LogP contribution in [0.25, 0.3) is 87.6 Å². The monoisotopic (exact) mass is 852 g/mol. The summed E-state index contributed by atoms with van der Waals surface area (Å²) in [5, 5.41) is 0. The number of hydrogen-bond donors (Lipinski definition) is 0. The summed E-state index contributed by atoms with van der Waals surface area (Å²) in [4.78, 5) is 10.9. The van der Waals surface area contributed by atoms with Crippen LogP contribution in [0.3, 0.4) is 0 Å². The first-order valence-corrected chi connectivity index (χ1v) is 18.8. The molecule has 56 heavy (non-hydrogen) atoms. The van der Waals surface area contributed by atoms with Gasteiger partial charge in [0.15, 0.2) is 49.6 Å². The first-order chi connectivity index (χ1) is 25.4. The third kappa shape index (κ3) is 8.04. The van der Waals surface area contributed by atoms with Crippen molar-refractivity contribution in [3.63, 3.8) is 0 Å². The van der Waals surface area contributed by atoms with Gasteiger partial charge in [0.25, 0.3) is 0 Å². The normalized spacial score (nSPS) is 11.2. The average molecular weight is 855 g/mol. The third-order valence-corrected chi connectivity index (χ3v) is 11.7. The molecule has 2 aliphatic rings. The van der Waals surface area contributed by atoms with Gasteiger partial charge >= 0.3 is 0 Å². The zero-order chi connectivity index (χ0) is 35.3. The fourth-order valence-corrected chi connectivity index (χ4v) is 9.42. The van der Waals surface area contributed by atoms with E-state index in [0.29, 0.717) is 0 Å². The molecular weight excluding hydrogens is 818 g/mol. The van der Waals surface area contributed by atoms with E-state index in [1.165, 1.54) is 0 Å². The standard InChI is InChI=1S/C44H36N6S2.4ClH/c1-47-21-5-9-29(25-47)41-33-13-14-34(45-33)42(30-10-6-22-48(2)26-30)39-19-20-40(52-39)44(32-12-8-24-50(4)28-32)36-16-15-35(46-36)43(38-18-17-37(41)51-38)31-11-7-23-49(3)27-31;;;;/h5-28H,1-4H3;4*1H/q+4;;;;/p-4. The predicted molar refractivity (Wildman–Crippen MR) is 212 cm³/mol. The topological polar surface area (TPSA) is 41.3 Å². The van der Waals surface area contributed by atoms with Crippen LogP contribution in [0.5, 0.6) is 0 Å². The van der Waals surface area contributed by atoms with Crippen molar-refractivity contribution in [2.24, 2.45) is 28.2 Å². The van der Waals surface area contributed by atoms with Crippen molar-refractivity contribution in [2.75, 3.05) is 0 Å². The third-order valence-electron chi connectivity index (χ3n) is 9.42. The minimum atomic E-state index is 0. The van der Waals surface area contributed by atoms with Gasteiger partial charge in [0.1, 0.15) is 28.2 Å². The summed E-state index contributed by atoms with van der Waals surface area (Å²) in [7, 11) is 8.28. The molecule has 7 aromatic heterocycles. The Hall–Kier alpha value is -4.80. The van der Waals surface area contributed by atoms with Crippen LogP contribution >= 0.6 is 22.7 Å². The lowest BCUT2D eigenvalue weighted by atomic mass is 10.1. The van der Waals surface area contributed by atoms with Gasteiger partial charge < -0.3 is 49.6 Å². The first-order valence-electron chi connectivity index (χ1n) is 17.2. The van der Waals surface area contributed by atoms with Gasteiger partial charge in [-0.1, -0.05) is 0 Å². The van der Waals surface area contributed by atoms with Crippen molar-refractivity contribution < 1.29 is 67.9 Å². The Morgan fingerprint density at radius 3 is 0.804 bits per heavy atom. The van der Waals surface area contributed by atoms with Gasteiger partial charge in [-0.25, -0.2) is 28.2 Å². The number of thiophene rings is 2. The van der Waals surface area contributed by atoms with Gasteiger partial charge in [-0.2, -0.15) is 0 Å². The lowest BCUT2D eigenvalue weighted by Gasteiger charge is -2.04.